The summed E-state index contributed by atoms with van der Waals surface area (Å²) in [6.07, 6.45) is 8.70. The van der Waals surface area contributed by atoms with Gasteiger partial charge in [0.2, 0.25) is 0 Å². The maximum Gasteiger partial charge on any atom is 0.132 e. The van der Waals surface area contributed by atoms with Crippen LogP contribution in [0.5, 0.6) is 0 Å². The van der Waals surface area contributed by atoms with E-state index in [1.165, 1.54) is 36.8 Å². The molecule has 1 aromatic carbocycles. The number of benzene rings is 1. The molecule has 4 nitrogen and oxygen atoms in total. The van der Waals surface area contributed by atoms with Crippen LogP contribution in [-0.2, 0) is 6.54 Å². The van der Waals surface area contributed by atoms with E-state index in [1.807, 2.05) is 13.0 Å². The minimum atomic E-state index is 0.768. The van der Waals surface area contributed by atoms with E-state index in [4.69, 9.17) is 0 Å². The number of nitrogens with one attached hydrogen (secondary N) is 2. The van der Waals surface area contributed by atoms with E-state index in [1.54, 1.807) is 5.57 Å². The Kier molecular flexibility index (Phi) is 6.04. The average Bonchev–Trinajstić information content (AvgIpc) is 2.61. The average molecular weight is 336 g/mol. The van der Waals surface area contributed by atoms with Gasteiger partial charge in [-0.25, -0.2) is 9.97 Å². The van der Waals surface area contributed by atoms with Crippen molar-refractivity contribution in [3.05, 3.63) is 58.9 Å². The maximum absolute atomic E-state index is 4.50. The summed E-state index contributed by atoms with van der Waals surface area (Å²) >= 11 is 0. The summed E-state index contributed by atoms with van der Waals surface area (Å²) in [5, 5.41) is 6.86. The normalized spacial score (nSPS) is 14.1. The van der Waals surface area contributed by atoms with Gasteiger partial charge in [-0.1, -0.05) is 41.5 Å². The standard InChI is InChI=1S/C21H28N4/c1-16-7-6-10-19(13-16)15-23-21-14-20(24-17(2)25-21)22-12-11-18-8-4-3-5-9-18/h6-8,10,13-14H,3-5,9,11-12,15H2,1-2H3,(H2,22,23,24,25). The molecular formula is C21H28N4. The lowest BCUT2D eigenvalue weighted by atomic mass is 9.97. The largest absolute Gasteiger partial charge is 0.370 e. The molecule has 1 aliphatic rings. The van der Waals surface area contributed by atoms with Crippen LogP contribution in [0.1, 0.15) is 49.1 Å². The fraction of sp³-hybridized carbons (Fsp3) is 0.429. The van der Waals surface area contributed by atoms with Crippen LogP contribution in [0.2, 0.25) is 0 Å². The van der Waals surface area contributed by atoms with Crippen LogP contribution in [0.15, 0.2) is 42.0 Å². The second-order valence-electron chi connectivity index (χ2n) is 6.81. The van der Waals surface area contributed by atoms with Crippen molar-refractivity contribution in [1.82, 2.24) is 9.97 Å². The van der Waals surface area contributed by atoms with Crippen molar-refractivity contribution < 1.29 is 0 Å². The smallest absolute Gasteiger partial charge is 0.132 e. The van der Waals surface area contributed by atoms with Crippen LogP contribution >= 0.6 is 0 Å². The Balaban J connectivity index is 1.55. The Hall–Kier alpha value is -2.36. The highest BCUT2D eigenvalue weighted by Gasteiger charge is 2.05. The fourth-order valence-corrected chi connectivity index (χ4v) is 3.25. The Morgan fingerprint density at radius 3 is 2.60 bits per heavy atom. The summed E-state index contributed by atoms with van der Waals surface area (Å²) in [7, 11) is 0. The second kappa shape index (κ2) is 8.65. The first-order valence-electron chi connectivity index (χ1n) is 9.26. The monoisotopic (exact) mass is 336 g/mol. The predicted octanol–water partition coefficient (Wildman–Crippen LogP) is 5.01. The van der Waals surface area contributed by atoms with Gasteiger partial charge in [0.15, 0.2) is 0 Å². The number of aryl methyl sites for hydroxylation is 2. The van der Waals surface area contributed by atoms with Crippen LogP contribution in [0, 0.1) is 13.8 Å². The van der Waals surface area contributed by atoms with Crippen molar-refractivity contribution in [2.75, 3.05) is 17.2 Å². The van der Waals surface area contributed by atoms with Gasteiger partial charge in [0.25, 0.3) is 0 Å². The molecule has 2 N–H and O–H groups in total. The zero-order chi connectivity index (χ0) is 17.5. The third-order valence-electron chi connectivity index (χ3n) is 4.53. The number of allylic oxidation sites excluding steroid dienone is 1. The van der Waals surface area contributed by atoms with Crippen LogP contribution in [0.25, 0.3) is 0 Å². The van der Waals surface area contributed by atoms with Crippen LogP contribution in [-0.4, -0.2) is 16.5 Å². The number of hydrogen-bond donors (Lipinski definition) is 2. The number of rotatable bonds is 7. The third kappa shape index (κ3) is 5.59. The number of nitrogens with zero attached hydrogens (tertiary/aromatic N) is 2. The minimum absolute atomic E-state index is 0.768. The van der Waals surface area contributed by atoms with E-state index in [-0.39, 0.29) is 0 Å². The van der Waals surface area contributed by atoms with Crippen molar-refractivity contribution in [2.24, 2.45) is 0 Å². The summed E-state index contributed by atoms with van der Waals surface area (Å²) in [4.78, 5) is 9.00. The third-order valence-corrected chi connectivity index (χ3v) is 4.53. The lowest BCUT2D eigenvalue weighted by Gasteiger charge is -2.14. The molecule has 0 bridgehead atoms. The lowest BCUT2D eigenvalue weighted by molar-refractivity contribution is 0.679. The molecule has 0 saturated heterocycles. The first-order chi connectivity index (χ1) is 12.2. The Bertz CT molecular complexity index is 736. The molecule has 1 aromatic heterocycles. The van der Waals surface area contributed by atoms with Gasteiger partial charge in [-0.3, -0.25) is 0 Å². The Morgan fingerprint density at radius 2 is 1.84 bits per heavy atom. The molecule has 4 heteroatoms. The summed E-state index contributed by atoms with van der Waals surface area (Å²) in [5.41, 5.74) is 4.12. The number of anilines is 2. The zero-order valence-corrected chi connectivity index (χ0v) is 15.3. The second-order valence-corrected chi connectivity index (χ2v) is 6.81. The Labute approximate surface area is 150 Å². The van der Waals surface area contributed by atoms with Gasteiger partial charge in [0, 0.05) is 19.2 Å². The van der Waals surface area contributed by atoms with Crippen LogP contribution < -0.4 is 10.6 Å². The van der Waals surface area contributed by atoms with E-state index < -0.39 is 0 Å². The summed E-state index contributed by atoms with van der Waals surface area (Å²) in [5.74, 6) is 2.55. The molecule has 0 fully saturated rings. The van der Waals surface area contributed by atoms with Crippen LogP contribution in [0.3, 0.4) is 0 Å². The van der Waals surface area contributed by atoms with E-state index >= 15 is 0 Å². The quantitative estimate of drug-likeness (QED) is 0.698. The van der Waals surface area contributed by atoms with E-state index in [0.29, 0.717) is 0 Å². The minimum Gasteiger partial charge on any atom is -0.370 e. The molecule has 3 rings (SSSR count). The fourth-order valence-electron chi connectivity index (χ4n) is 3.25. The molecule has 0 amide bonds. The molecular weight excluding hydrogens is 308 g/mol. The molecule has 0 atom stereocenters. The summed E-state index contributed by atoms with van der Waals surface area (Å²) in [6.45, 7) is 5.75. The van der Waals surface area contributed by atoms with Gasteiger partial charge >= 0.3 is 0 Å². The molecule has 1 heterocycles. The van der Waals surface area contributed by atoms with Crippen molar-refractivity contribution in [1.29, 1.82) is 0 Å². The highest BCUT2D eigenvalue weighted by molar-refractivity contribution is 5.48. The van der Waals surface area contributed by atoms with Crippen molar-refractivity contribution in [2.45, 2.75) is 52.5 Å². The van der Waals surface area contributed by atoms with Gasteiger partial charge in [0.1, 0.15) is 17.5 Å². The topological polar surface area (TPSA) is 49.8 Å². The number of hydrogen-bond acceptors (Lipinski definition) is 4. The molecule has 2 aromatic rings. The van der Waals surface area contributed by atoms with E-state index in [2.05, 4.69) is 57.9 Å². The molecule has 0 saturated carbocycles. The van der Waals surface area contributed by atoms with Gasteiger partial charge in [-0.05, 0) is 51.5 Å². The SMILES string of the molecule is Cc1cccc(CNc2cc(NCCC3=CCCCC3)nc(C)n2)c1. The first-order valence-corrected chi connectivity index (χ1v) is 9.26. The highest BCUT2D eigenvalue weighted by atomic mass is 15.1. The molecule has 0 radical (unpaired) electrons. The van der Waals surface area contributed by atoms with Crippen molar-refractivity contribution >= 4 is 11.6 Å². The van der Waals surface area contributed by atoms with Crippen molar-refractivity contribution in [3.8, 4) is 0 Å². The summed E-state index contributed by atoms with van der Waals surface area (Å²) in [6, 6.07) is 10.5. The molecule has 25 heavy (non-hydrogen) atoms. The maximum atomic E-state index is 4.50. The molecule has 0 aliphatic heterocycles. The molecule has 0 unspecified atom stereocenters. The lowest BCUT2D eigenvalue weighted by Crippen LogP contribution is -2.09. The molecule has 1 aliphatic carbocycles. The van der Waals surface area contributed by atoms with E-state index in [9.17, 15) is 0 Å². The van der Waals surface area contributed by atoms with Gasteiger partial charge < -0.3 is 10.6 Å². The molecule has 0 spiro atoms. The van der Waals surface area contributed by atoms with Gasteiger partial charge in [-0.2, -0.15) is 0 Å². The predicted molar refractivity (Wildman–Crippen MR) is 105 cm³/mol. The number of aromatic nitrogens is 2. The zero-order valence-electron chi connectivity index (χ0n) is 15.3. The Morgan fingerprint density at radius 1 is 1.00 bits per heavy atom. The van der Waals surface area contributed by atoms with Gasteiger partial charge in [-0.15, -0.1) is 0 Å². The first kappa shape index (κ1) is 17.5. The van der Waals surface area contributed by atoms with Crippen molar-refractivity contribution in [3.63, 3.8) is 0 Å². The van der Waals surface area contributed by atoms with E-state index in [0.717, 1.165) is 37.0 Å². The molecule has 132 valence electrons. The highest BCUT2D eigenvalue weighted by Crippen LogP contribution is 2.20. The van der Waals surface area contributed by atoms with Crippen LogP contribution in [0.4, 0.5) is 11.6 Å². The summed E-state index contributed by atoms with van der Waals surface area (Å²) < 4.78 is 0. The van der Waals surface area contributed by atoms with Gasteiger partial charge in [0.05, 0.1) is 0 Å².